The van der Waals surface area contributed by atoms with Gasteiger partial charge < -0.3 is 14.6 Å². The Labute approximate surface area is 128 Å². The molecule has 0 radical (unpaired) electrons. The first kappa shape index (κ1) is 13.4. The van der Waals surface area contributed by atoms with Crippen molar-refractivity contribution in [1.29, 1.82) is 0 Å². The zero-order chi connectivity index (χ0) is 14.9. The Balaban J connectivity index is 1.35. The maximum Gasteiger partial charge on any atom is 0.220 e. The highest BCUT2D eigenvalue weighted by molar-refractivity contribution is 5.78. The second-order valence-electron chi connectivity index (χ2n) is 6.01. The molecule has 4 rings (SSSR count). The second-order valence-corrected chi connectivity index (χ2v) is 6.01. The van der Waals surface area contributed by atoms with Gasteiger partial charge in [-0.15, -0.1) is 0 Å². The van der Waals surface area contributed by atoms with Crippen LogP contribution in [0.1, 0.15) is 54.7 Å². The molecule has 1 aliphatic carbocycles. The summed E-state index contributed by atoms with van der Waals surface area (Å²) < 4.78 is 11.0. The van der Waals surface area contributed by atoms with Crippen molar-refractivity contribution in [2.24, 2.45) is 0 Å². The molecule has 1 saturated heterocycles. The van der Waals surface area contributed by atoms with Crippen molar-refractivity contribution in [3.05, 3.63) is 47.3 Å². The first-order valence-corrected chi connectivity index (χ1v) is 7.75. The van der Waals surface area contributed by atoms with Crippen molar-refractivity contribution in [2.45, 2.75) is 44.2 Å². The van der Waals surface area contributed by atoms with Gasteiger partial charge in [-0.1, -0.05) is 17.3 Å². The number of hydrogen-bond donors (Lipinski definition) is 1. The van der Waals surface area contributed by atoms with Crippen LogP contribution in [0, 0.1) is 0 Å². The monoisotopic (exact) mass is 298 g/mol. The van der Waals surface area contributed by atoms with Crippen LogP contribution in [0.3, 0.4) is 0 Å². The minimum absolute atomic E-state index is 0.127. The molecule has 1 N–H and O–H groups in total. The average Bonchev–Trinajstić information content (AvgIpc) is 3.12. The largest absolute Gasteiger partial charge is 0.486 e. The molecule has 1 amide bonds. The Kier molecular flexibility index (Phi) is 3.33. The third-order valence-corrected chi connectivity index (χ3v) is 4.23. The lowest BCUT2D eigenvalue weighted by atomic mass is 10.1. The number of carbonyl (C=O) groups excluding carboxylic acids is 1. The van der Waals surface area contributed by atoms with E-state index in [4.69, 9.17) is 9.26 Å². The van der Waals surface area contributed by atoms with Crippen LogP contribution in [0.5, 0.6) is 5.75 Å². The van der Waals surface area contributed by atoms with Gasteiger partial charge in [0.2, 0.25) is 5.91 Å². The topological polar surface area (TPSA) is 64.4 Å². The smallest absolute Gasteiger partial charge is 0.220 e. The first-order chi connectivity index (χ1) is 10.8. The third-order valence-electron chi connectivity index (χ3n) is 4.23. The molecule has 2 aliphatic rings. The normalized spacial score (nSPS) is 20.9. The minimum Gasteiger partial charge on any atom is -0.486 e. The molecule has 0 bridgehead atoms. The van der Waals surface area contributed by atoms with Gasteiger partial charge >= 0.3 is 0 Å². The van der Waals surface area contributed by atoms with E-state index in [1.807, 2.05) is 30.3 Å². The fraction of sp³-hybridized carbons (Fsp3) is 0.412. The molecule has 22 heavy (non-hydrogen) atoms. The number of hydrogen-bond acceptors (Lipinski definition) is 4. The molecule has 2 fully saturated rings. The Bertz CT molecular complexity index is 673. The zero-order valence-electron chi connectivity index (χ0n) is 12.2. The summed E-state index contributed by atoms with van der Waals surface area (Å²) in [6.07, 6.45) is 3.90. The van der Waals surface area contributed by atoms with E-state index in [2.05, 4.69) is 10.5 Å². The summed E-state index contributed by atoms with van der Waals surface area (Å²) in [5.41, 5.74) is 2.17. The highest BCUT2D eigenvalue weighted by Gasteiger charge is 2.27. The molecule has 2 aromatic rings. The number of carbonyl (C=O) groups is 1. The van der Waals surface area contributed by atoms with Gasteiger partial charge in [-0.2, -0.15) is 0 Å². The van der Waals surface area contributed by atoms with Crippen molar-refractivity contribution >= 4 is 5.91 Å². The predicted molar refractivity (Wildman–Crippen MR) is 79.4 cm³/mol. The van der Waals surface area contributed by atoms with E-state index in [0.717, 1.165) is 29.2 Å². The quantitative estimate of drug-likeness (QED) is 0.921. The number of ether oxygens (including phenoxy) is 1. The Hall–Kier alpha value is -2.30. The maximum absolute atomic E-state index is 11.3. The third kappa shape index (κ3) is 2.84. The predicted octanol–water partition coefficient (Wildman–Crippen LogP) is 3.08. The summed E-state index contributed by atoms with van der Waals surface area (Å²) in [6, 6.07) is 9.98. The standard InChI is InChI=1S/C17H18N2O3/c20-17-8-7-15(18-17)11-3-5-13(6-4-11)21-10-14-9-16(19-22-14)12-1-2-12/h3-6,9,12,15H,1-2,7-8,10H2,(H,18,20). The van der Waals surface area contributed by atoms with E-state index in [0.29, 0.717) is 18.9 Å². The first-order valence-electron chi connectivity index (χ1n) is 7.75. The van der Waals surface area contributed by atoms with Crippen molar-refractivity contribution in [2.75, 3.05) is 0 Å². The number of amides is 1. The number of aromatic nitrogens is 1. The van der Waals surface area contributed by atoms with Crippen LogP contribution in [0.15, 0.2) is 34.9 Å². The van der Waals surface area contributed by atoms with Gasteiger partial charge in [0.05, 0.1) is 11.7 Å². The summed E-state index contributed by atoms with van der Waals surface area (Å²) in [5.74, 6) is 2.27. The second kappa shape index (κ2) is 5.48. The van der Waals surface area contributed by atoms with Gasteiger partial charge in [-0.25, -0.2) is 0 Å². The molecule has 1 saturated carbocycles. The molecule has 1 aromatic carbocycles. The van der Waals surface area contributed by atoms with Gasteiger partial charge in [0, 0.05) is 18.4 Å². The molecule has 1 atom stereocenters. The summed E-state index contributed by atoms with van der Waals surface area (Å²) in [7, 11) is 0. The van der Waals surface area contributed by atoms with Crippen LogP contribution in [0.4, 0.5) is 0 Å². The molecular formula is C17H18N2O3. The van der Waals surface area contributed by atoms with Gasteiger partial charge in [-0.05, 0) is 37.0 Å². The maximum atomic E-state index is 11.3. The van der Waals surface area contributed by atoms with Crippen LogP contribution in [-0.4, -0.2) is 11.1 Å². The van der Waals surface area contributed by atoms with Crippen LogP contribution < -0.4 is 10.1 Å². The molecule has 1 aromatic heterocycles. The zero-order valence-corrected chi connectivity index (χ0v) is 12.2. The van der Waals surface area contributed by atoms with Crippen LogP contribution >= 0.6 is 0 Å². The van der Waals surface area contributed by atoms with Gasteiger partial charge in [-0.3, -0.25) is 4.79 Å². The number of nitrogens with zero attached hydrogens (tertiary/aromatic N) is 1. The van der Waals surface area contributed by atoms with Crippen LogP contribution in [0.2, 0.25) is 0 Å². The number of nitrogens with one attached hydrogen (secondary N) is 1. The van der Waals surface area contributed by atoms with Crippen LogP contribution in [0.25, 0.3) is 0 Å². The SMILES string of the molecule is O=C1CCC(c2ccc(OCc3cc(C4CC4)no3)cc2)N1. The van der Waals surface area contributed by atoms with Gasteiger partial charge in [0.25, 0.3) is 0 Å². The molecular weight excluding hydrogens is 280 g/mol. The minimum atomic E-state index is 0.127. The fourth-order valence-corrected chi connectivity index (χ4v) is 2.78. The van der Waals surface area contributed by atoms with Gasteiger partial charge in [0.15, 0.2) is 5.76 Å². The Morgan fingerprint density at radius 1 is 1.23 bits per heavy atom. The lowest BCUT2D eigenvalue weighted by Crippen LogP contribution is -2.18. The Morgan fingerprint density at radius 2 is 2.05 bits per heavy atom. The Morgan fingerprint density at radius 3 is 2.73 bits per heavy atom. The van der Waals surface area contributed by atoms with E-state index >= 15 is 0 Å². The average molecular weight is 298 g/mol. The van der Waals surface area contributed by atoms with Crippen molar-refractivity contribution < 1.29 is 14.1 Å². The molecule has 5 nitrogen and oxygen atoms in total. The fourth-order valence-electron chi connectivity index (χ4n) is 2.78. The molecule has 0 spiro atoms. The van der Waals surface area contributed by atoms with E-state index in [1.165, 1.54) is 12.8 Å². The van der Waals surface area contributed by atoms with Gasteiger partial charge in [0.1, 0.15) is 12.4 Å². The molecule has 114 valence electrons. The highest BCUT2D eigenvalue weighted by Crippen LogP contribution is 2.39. The summed E-state index contributed by atoms with van der Waals surface area (Å²) >= 11 is 0. The molecule has 1 aliphatic heterocycles. The lowest BCUT2D eigenvalue weighted by Gasteiger charge is -2.11. The van der Waals surface area contributed by atoms with Crippen molar-refractivity contribution in [3.63, 3.8) is 0 Å². The van der Waals surface area contributed by atoms with Crippen molar-refractivity contribution in [3.8, 4) is 5.75 Å². The van der Waals surface area contributed by atoms with E-state index in [9.17, 15) is 4.79 Å². The van der Waals surface area contributed by atoms with E-state index in [1.54, 1.807) is 0 Å². The van der Waals surface area contributed by atoms with E-state index in [-0.39, 0.29) is 11.9 Å². The van der Waals surface area contributed by atoms with Crippen LogP contribution in [-0.2, 0) is 11.4 Å². The number of rotatable bonds is 5. The summed E-state index contributed by atoms with van der Waals surface area (Å²) in [5, 5.41) is 7.03. The molecule has 2 heterocycles. The van der Waals surface area contributed by atoms with Crippen molar-refractivity contribution in [1.82, 2.24) is 10.5 Å². The molecule has 5 heteroatoms. The summed E-state index contributed by atoms with van der Waals surface area (Å²) in [6.45, 7) is 0.388. The number of benzene rings is 1. The summed E-state index contributed by atoms with van der Waals surface area (Å²) in [4.78, 5) is 11.3. The molecule has 1 unspecified atom stereocenters. The van der Waals surface area contributed by atoms with E-state index < -0.39 is 0 Å². The lowest BCUT2D eigenvalue weighted by molar-refractivity contribution is -0.119. The highest BCUT2D eigenvalue weighted by atomic mass is 16.5.